The van der Waals surface area contributed by atoms with E-state index in [1.54, 1.807) is 0 Å². The molecule has 1 rings (SSSR count). The molecule has 0 radical (unpaired) electrons. The normalized spacial score (nSPS) is 19.4. The molecule has 1 aliphatic rings. The van der Waals surface area contributed by atoms with E-state index < -0.39 is 17.4 Å². The topological polar surface area (TPSA) is 98.1 Å². The lowest BCUT2D eigenvalue weighted by Gasteiger charge is -2.36. The average Bonchev–Trinajstić information content (AvgIpc) is 2.76. The van der Waals surface area contributed by atoms with Crippen LogP contribution in [0.4, 0.5) is 0 Å². The molecule has 32 heavy (non-hydrogen) atoms. The molecule has 0 heterocycles. The van der Waals surface area contributed by atoms with Crippen molar-refractivity contribution in [3.8, 4) is 0 Å². The van der Waals surface area contributed by atoms with Crippen molar-refractivity contribution in [1.29, 1.82) is 0 Å². The first-order valence-corrected chi connectivity index (χ1v) is 13.2. The van der Waals surface area contributed by atoms with Crippen LogP contribution in [0.25, 0.3) is 0 Å². The van der Waals surface area contributed by atoms with Crippen molar-refractivity contribution in [2.45, 2.75) is 135 Å². The van der Waals surface area contributed by atoms with Crippen LogP contribution < -0.4 is 0 Å². The summed E-state index contributed by atoms with van der Waals surface area (Å²) in [6.07, 6.45) is 18.2. The number of aliphatic hydroxyl groups is 1. The number of aliphatic hydroxyl groups excluding tert-OH is 1. The molecule has 6 nitrogen and oxygen atoms in total. The molecule has 0 unspecified atom stereocenters. The quantitative estimate of drug-likeness (QED) is 0.167. The molecule has 0 aromatic carbocycles. The largest absolute Gasteiger partial charge is 0.480 e. The zero-order valence-corrected chi connectivity index (χ0v) is 20.7. The molecule has 1 aliphatic carbocycles. The minimum absolute atomic E-state index is 0.131. The van der Waals surface area contributed by atoms with Crippen molar-refractivity contribution >= 4 is 11.9 Å². The second-order valence-corrected chi connectivity index (χ2v) is 10.1. The standard InChI is InChI=1S/C26H49NO5/c1-3-4-5-6-7-8-10-13-20-27(22-15-17-23(28)18-16-22)21-14-11-9-12-19-26(2,24(29)30)25(31)32/h22-23,28H,3-21H2,1-2H3,(H,29,30)(H,31,32). The highest BCUT2D eigenvalue weighted by Gasteiger charge is 2.40. The van der Waals surface area contributed by atoms with Gasteiger partial charge in [-0.25, -0.2) is 0 Å². The van der Waals surface area contributed by atoms with Gasteiger partial charge in [0.25, 0.3) is 0 Å². The summed E-state index contributed by atoms with van der Waals surface area (Å²) < 4.78 is 0. The second-order valence-electron chi connectivity index (χ2n) is 10.1. The highest BCUT2D eigenvalue weighted by molar-refractivity contribution is 5.97. The van der Waals surface area contributed by atoms with E-state index in [0.717, 1.165) is 58.0 Å². The van der Waals surface area contributed by atoms with Crippen molar-refractivity contribution in [3.63, 3.8) is 0 Å². The van der Waals surface area contributed by atoms with Crippen molar-refractivity contribution in [2.75, 3.05) is 13.1 Å². The summed E-state index contributed by atoms with van der Waals surface area (Å²) in [6, 6.07) is 0.574. The summed E-state index contributed by atoms with van der Waals surface area (Å²) in [5.41, 5.74) is -1.68. The predicted molar refractivity (Wildman–Crippen MR) is 129 cm³/mol. The fourth-order valence-corrected chi connectivity index (χ4v) is 4.80. The van der Waals surface area contributed by atoms with Gasteiger partial charge in [0.15, 0.2) is 5.41 Å². The fraction of sp³-hybridized carbons (Fsp3) is 0.923. The van der Waals surface area contributed by atoms with Crippen LogP contribution in [0.2, 0.25) is 0 Å². The van der Waals surface area contributed by atoms with Crippen molar-refractivity contribution in [2.24, 2.45) is 5.41 Å². The number of unbranched alkanes of at least 4 members (excludes halogenated alkanes) is 10. The number of carboxylic acids is 2. The Morgan fingerprint density at radius 2 is 1.19 bits per heavy atom. The maximum atomic E-state index is 11.3. The minimum atomic E-state index is -1.68. The number of carboxylic acid groups (broad SMARTS) is 2. The van der Waals surface area contributed by atoms with Gasteiger partial charge in [-0.05, 0) is 65.0 Å². The highest BCUT2D eigenvalue weighted by atomic mass is 16.4. The third-order valence-corrected chi connectivity index (χ3v) is 7.30. The van der Waals surface area contributed by atoms with E-state index >= 15 is 0 Å². The zero-order chi connectivity index (χ0) is 23.8. The van der Waals surface area contributed by atoms with E-state index in [1.807, 2.05) is 0 Å². The first-order valence-electron chi connectivity index (χ1n) is 13.2. The highest BCUT2D eigenvalue weighted by Crippen LogP contribution is 2.27. The van der Waals surface area contributed by atoms with Gasteiger partial charge in [0.2, 0.25) is 0 Å². The number of aliphatic carboxylic acids is 2. The Hall–Kier alpha value is -1.14. The van der Waals surface area contributed by atoms with Gasteiger partial charge in [0.1, 0.15) is 0 Å². The molecule has 0 amide bonds. The molecule has 6 heteroatoms. The molecule has 1 saturated carbocycles. The van der Waals surface area contributed by atoms with E-state index in [2.05, 4.69) is 11.8 Å². The number of rotatable bonds is 19. The summed E-state index contributed by atoms with van der Waals surface area (Å²) in [6.45, 7) is 5.74. The number of carbonyl (C=O) groups is 2. The Kier molecular flexibility index (Phi) is 14.9. The van der Waals surface area contributed by atoms with Gasteiger partial charge in [-0.2, -0.15) is 0 Å². The molecule has 0 saturated heterocycles. The minimum Gasteiger partial charge on any atom is -0.480 e. The van der Waals surface area contributed by atoms with Crippen molar-refractivity contribution < 1.29 is 24.9 Å². The molecule has 188 valence electrons. The molecule has 0 aromatic heterocycles. The summed E-state index contributed by atoms with van der Waals surface area (Å²) in [7, 11) is 0. The third kappa shape index (κ3) is 11.1. The van der Waals surface area contributed by atoms with Gasteiger partial charge in [0.05, 0.1) is 6.10 Å². The van der Waals surface area contributed by atoms with E-state index in [4.69, 9.17) is 0 Å². The van der Waals surface area contributed by atoms with Gasteiger partial charge >= 0.3 is 11.9 Å². The van der Waals surface area contributed by atoms with Crippen LogP contribution in [0.1, 0.15) is 123 Å². The maximum Gasteiger partial charge on any atom is 0.320 e. The summed E-state index contributed by atoms with van der Waals surface area (Å²) in [5.74, 6) is -2.50. The SMILES string of the molecule is CCCCCCCCCCN(CCCCCCC(C)(C(=O)O)C(=O)O)C1CCC(O)CC1. The molecule has 3 N–H and O–H groups in total. The number of hydrogen-bond acceptors (Lipinski definition) is 4. The second kappa shape index (κ2) is 16.5. The van der Waals surface area contributed by atoms with Crippen LogP contribution in [-0.4, -0.2) is 57.4 Å². The Balaban J connectivity index is 2.31. The smallest absolute Gasteiger partial charge is 0.320 e. The number of hydrogen-bond donors (Lipinski definition) is 3. The van der Waals surface area contributed by atoms with Gasteiger partial charge in [-0.3, -0.25) is 9.59 Å². The summed E-state index contributed by atoms with van der Waals surface area (Å²) >= 11 is 0. The van der Waals surface area contributed by atoms with E-state index in [9.17, 15) is 24.9 Å². The van der Waals surface area contributed by atoms with Crippen molar-refractivity contribution in [3.05, 3.63) is 0 Å². The van der Waals surface area contributed by atoms with Crippen LogP contribution in [0, 0.1) is 5.41 Å². The Morgan fingerprint density at radius 3 is 1.66 bits per heavy atom. The molecule has 0 aromatic rings. The van der Waals surface area contributed by atoms with Crippen LogP contribution in [0.3, 0.4) is 0 Å². The van der Waals surface area contributed by atoms with Gasteiger partial charge in [-0.1, -0.05) is 71.1 Å². The molecule has 0 atom stereocenters. The van der Waals surface area contributed by atoms with Gasteiger partial charge < -0.3 is 20.2 Å². The van der Waals surface area contributed by atoms with Crippen molar-refractivity contribution in [1.82, 2.24) is 4.90 Å². The zero-order valence-electron chi connectivity index (χ0n) is 20.7. The summed E-state index contributed by atoms with van der Waals surface area (Å²) in [5, 5.41) is 28.3. The molecular weight excluding hydrogens is 406 g/mol. The first-order chi connectivity index (χ1) is 15.3. The van der Waals surface area contributed by atoms with Gasteiger partial charge in [0, 0.05) is 6.04 Å². The lowest BCUT2D eigenvalue weighted by molar-refractivity contribution is -0.163. The summed E-state index contributed by atoms with van der Waals surface area (Å²) in [4.78, 5) is 25.2. The van der Waals surface area contributed by atoms with Crippen LogP contribution in [0.5, 0.6) is 0 Å². The maximum absolute atomic E-state index is 11.3. The monoisotopic (exact) mass is 455 g/mol. The van der Waals surface area contributed by atoms with Gasteiger partial charge in [-0.15, -0.1) is 0 Å². The lowest BCUT2D eigenvalue weighted by Crippen LogP contribution is -2.40. The first kappa shape index (κ1) is 28.9. The Bertz CT molecular complexity index is 502. The van der Waals surface area contributed by atoms with Crippen LogP contribution >= 0.6 is 0 Å². The number of nitrogens with zero attached hydrogens (tertiary/aromatic N) is 1. The molecule has 0 aliphatic heterocycles. The third-order valence-electron chi connectivity index (χ3n) is 7.30. The van der Waals surface area contributed by atoms with E-state index in [0.29, 0.717) is 12.5 Å². The molecule has 0 bridgehead atoms. The molecule has 1 fully saturated rings. The Morgan fingerprint density at radius 1 is 0.750 bits per heavy atom. The van der Waals surface area contributed by atoms with Crippen LogP contribution in [-0.2, 0) is 9.59 Å². The molecule has 0 spiro atoms. The molecular formula is C26H49NO5. The fourth-order valence-electron chi connectivity index (χ4n) is 4.80. The average molecular weight is 456 g/mol. The van der Waals surface area contributed by atoms with Crippen LogP contribution in [0.15, 0.2) is 0 Å². The van der Waals surface area contributed by atoms with E-state index in [-0.39, 0.29) is 12.5 Å². The lowest BCUT2D eigenvalue weighted by atomic mass is 9.85. The Labute approximate surface area is 195 Å². The predicted octanol–water partition coefficient (Wildman–Crippen LogP) is 5.86. The van der Waals surface area contributed by atoms with E-state index in [1.165, 1.54) is 58.3 Å².